The topological polar surface area (TPSA) is 41.1 Å². The van der Waals surface area contributed by atoms with Crippen LogP contribution in [-0.2, 0) is 4.79 Å². The van der Waals surface area contributed by atoms with Crippen LogP contribution >= 0.6 is 0 Å². The number of nitrogens with one attached hydrogen (secondary N) is 2. The quantitative estimate of drug-likeness (QED) is 0.854. The summed E-state index contributed by atoms with van der Waals surface area (Å²) in [6.45, 7) is 8.65. The molecule has 0 bridgehead atoms. The van der Waals surface area contributed by atoms with Crippen molar-refractivity contribution in [1.29, 1.82) is 0 Å². The van der Waals surface area contributed by atoms with Crippen LogP contribution in [0.15, 0.2) is 42.5 Å². The standard InChI is InChI=1S/C19H24N2O/c1-13(2)16-8-10-17(11-9-16)21-18(22)12-20-19-14(3)6-5-7-15(19)4/h5-11,13,20H,12H2,1-4H3,(H,21,22). The Morgan fingerprint density at radius 2 is 1.59 bits per heavy atom. The number of para-hydroxylation sites is 1. The molecule has 0 fully saturated rings. The molecule has 3 nitrogen and oxygen atoms in total. The van der Waals surface area contributed by atoms with Crippen LogP contribution < -0.4 is 10.6 Å². The van der Waals surface area contributed by atoms with Crippen molar-refractivity contribution >= 4 is 17.3 Å². The van der Waals surface area contributed by atoms with Gasteiger partial charge in [-0.2, -0.15) is 0 Å². The van der Waals surface area contributed by atoms with Gasteiger partial charge in [-0.1, -0.05) is 44.2 Å². The molecule has 0 unspecified atom stereocenters. The van der Waals surface area contributed by atoms with E-state index in [1.165, 1.54) is 5.56 Å². The van der Waals surface area contributed by atoms with E-state index in [4.69, 9.17) is 0 Å². The number of amides is 1. The third kappa shape index (κ3) is 4.10. The zero-order valence-corrected chi connectivity index (χ0v) is 13.7. The van der Waals surface area contributed by atoms with E-state index in [1.54, 1.807) is 0 Å². The lowest BCUT2D eigenvalue weighted by molar-refractivity contribution is -0.114. The molecule has 22 heavy (non-hydrogen) atoms. The average Bonchev–Trinajstić information content (AvgIpc) is 2.47. The molecular formula is C19H24N2O. The summed E-state index contributed by atoms with van der Waals surface area (Å²) in [4.78, 5) is 12.1. The van der Waals surface area contributed by atoms with Crippen molar-refractivity contribution in [1.82, 2.24) is 0 Å². The van der Waals surface area contributed by atoms with Crippen molar-refractivity contribution in [3.63, 3.8) is 0 Å². The molecule has 0 atom stereocenters. The molecular weight excluding hydrogens is 272 g/mol. The van der Waals surface area contributed by atoms with E-state index in [0.29, 0.717) is 5.92 Å². The van der Waals surface area contributed by atoms with Gasteiger partial charge >= 0.3 is 0 Å². The molecule has 0 saturated carbocycles. The highest BCUT2D eigenvalue weighted by Gasteiger charge is 2.06. The fourth-order valence-corrected chi connectivity index (χ4v) is 2.42. The van der Waals surface area contributed by atoms with Crippen LogP contribution in [0.25, 0.3) is 0 Å². The van der Waals surface area contributed by atoms with Crippen molar-refractivity contribution in [2.75, 3.05) is 17.2 Å². The molecule has 0 aliphatic carbocycles. The van der Waals surface area contributed by atoms with Crippen molar-refractivity contribution in [3.8, 4) is 0 Å². The van der Waals surface area contributed by atoms with Crippen LogP contribution in [0.4, 0.5) is 11.4 Å². The highest BCUT2D eigenvalue weighted by molar-refractivity contribution is 5.93. The van der Waals surface area contributed by atoms with E-state index in [0.717, 1.165) is 22.5 Å². The molecule has 2 aromatic carbocycles. The molecule has 3 heteroatoms. The molecule has 2 rings (SSSR count). The van der Waals surface area contributed by atoms with Gasteiger partial charge in [0.15, 0.2) is 0 Å². The minimum absolute atomic E-state index is 0.0417. The first kappa shape index (κ1) is 16.1. The molecule has 2 N–H and O–H groups in total. The lowest BCUT2D eigenvalue weighted by atomic mass is 10.0. The summed E-state index contributed by atoms with van der Waals surface area (Å²) in [7, 11) is 0. The molecule has 2 aromatic rings. The minimum Gasteiger partial charge on any atom is -0.376 e. The van der Waals surface area contributed by atoms with E-state index in [1.807, 2.05) is 44.2 Å². The molecule has 0 aliphatic heterocycles. The lowest BCUT2D eigenvalue weighted by Crippen LogP contribution is -2.22. The van der Waals surface area contributed by atoms with E-state index in [9.17, 15) is 4.79 Å². The first-order chi connectivity index (χ1) is 10.5. The van der Waals surface area contributed by atoms with Crippen LogP contribution in [0.1, 0.15) is 36.5 Å². The second-order valence-corrected chi connectivity index (χ2v) is 5.95. The van der Waals surface area contributed by atoms with Crippen molar-refractivity contribution in [2.45, 2.75) is 33.6 Å². The van der Waals surface area contributed by atoms with Crippen LogP contribution in [0.2, 0.25) is 0 Å². The zero-order chi connectivity index (χ0) is 16.1. The minimum atomic E-state index is -0.0417. The van der Waals surface area contributed by atoms with Gasteiger partial charge in [0.05, 0.1) is 6.54 Å². The maximum Gasteiger partial charge on any atom is 0.243 e. The Balaban J connectivity index is 1.93. The molecule has 0 radical (unpaired) electrons. The van der Waals surface area contributed by atoms with Gasteiger partial charge in [0.25, 0.3) is 0 Å². The molecule has 0 aliphatic rings. The Morgan fingerprint density at radius 1 is 1.00 bits per heavy atom. The molecule has 0 aromatic heterocycles. The Labute approximate surface area is 132 Å². The SMILES string of the molecule is Cc1cccc(C)c1NCC(=O)Nc1ccc(C(C)C)cc1. The molecule has 116 valence electrons. The van der Waals surface area contributed by atoms with Crippen LogP contribution in [0.5, 0.6) is 0 Å². The summed E-state index contributed by atoms with van der Waals surface area (Å²) < 4.78 is 0. The first-order valence-electron chi connectivity index (χ1n) is 7.67. The smallest absolute Gasteiger partial charge is 0.243 e. The predicted molar refractivity (Wildman–Crippen MR) is 93.6 cm³/mol. The summed E-state index contributed by atoms with van der Waals surface area (Å²) >= 11 is 0. The number of carbonyl (C=O) groups excluding carboxylic acids is 1. The molecule has 0 heterocycles. The van der Waals surface area contributed by atoms with Crippen molar-refractivity contribution in [2.24, 2.45) is 0 Å². The van der Waals surface area contributed by atoms with Gasteiger partial charge in [0.1, 0.15) is 0 Å². The Morgan fingerprint density at radius 3 is 2.14 bits per heavy atom. The van der Waals surface area contributed by atoms with E-state index in [-0.39, 0.29) is 12.5 Å². The lowest BCUT2D eigenvalue weighted by Gasteiger charge is -2.13. The fraction of sp³-hybridized carbons (Fsp3) is 0.316. The number of hydrogen-bond acceptors (Lipinski definition) is 2. The zero-order valence-electron chi connectivity index (χ0n) is 13.7. The molecule has 0 saturated heterocycles. The van der Waals surface area contributed by atoms with Crippen LogP contribution in [-0.4, -0.2) is 12.5 Å². The summed E-state index contributed by atoms with van der Waals surface area (Å²) in [5.74, 6) is 0.454. The third-order valence-corrected chi connectivity index (χ3v) is 3.77. The Bertz CT molecular complexity index is 625. The monoisotopic (exact) mass is 296 g/mol. The fourth-order valence-electron chi connectivity index (χ4n) is 2.42. The largest absolute Gasteiger partial charge is 0.376 e. The number of aryl methyl sites for hydroxylation is 2. The molecule has 0 spiro atoms. The van der Waals surface area contributed by atoms with Gasteiger partial charge in [-0.3, -0.25) is 4.79 Å². The van der Waals surface area contributed by atoms with E-state index < -0.39 is 0 Å². The highest BCUT2D eigenvalue weighted by atomic mass is 16.1. The number of hydrogen-bond donors (Lipinski definition) is 2. The van der Waals surface area contributed by atoms with E-state index >= 15 is 0 Å². The Kier molecular flexibility index (Phi) is 5.21. The first-order valence-corrected chi connectivity index (χ1v) is 7.67. The second-order valence-electron chi connectivity index (χ2n) is 5.95. The number of anilines is 2. The summed E-state index contributed by atoms with van der Waals surface area (Å²) in [6.07, 6.45) is 0. The number of benzene rings is 2. The third-order valence-electron chi connectivity index (χ3n) is 3.77. The van der Waals surface area contributed by atoms with Crippen LogP contribution in [0, 0.1) is 13.8 Å². The summed E-state index contributed by atoms with van der Waals surface area (Å²) in [5, 5.41) is 6.13. The maximum atomic E-state index is 12.1. The van der Waals surface area contributed by atoms with Gasteiger partial charge in [0, 0.05) is 11.4 Å². The second kappa shape index (κ2) is 7.12. The van der Waals surface area contributed by atoms with Crippen molar-refractivity contribution < 1.29 is 4.79 Å². The Hall–Kier alpha value is -2.29. The van der Waals surface area contributed by atoms with Gasteiger partial charge < -0.3 is 10.6 Å². The predicted octanol–water partition coefficient (Wildman–Crippen LogP) is 4.48. The molecule has 1 amide bonds. The average molecular weight is 296 g/mol. The normalized spacial score (nSPS) is 10.6. The summed E-state index contributed by atoms with van der Waals surface area (Å²) in [6, 6.07) is 14.1. The summed E-state index contributed by atoms with van der Waals surface area (Å²) in [5.41, 5.74) is 5.43. The maximum absolute atomic E-state index is 12.1. The number of rotatable bonds is 5. The highest BCUT2D eigenvalue weighted by Crippen LogP contribution is 2.19. The van der Waals surface area contributed by atoms with Crippen molar-refractivity contribution in [3.05, 3.63) is 59.2 Å². The number of carbonyl (C=O) groups is 1. The van der Waals surface area contributed by atoms with Gasteiger partial charge in [-0.15, -0.1) is 0 Å². The van der Waals surface area contributed by atoms with E-state index in [2.05, 4.69) is 36.6 Å². The van der Waals surface area contributed by atoms with Gasteiger partial charge in [-0.25, -0.2) is 0 Å². The van der Waals surface area contributed by atoms with Crippen LogP contribution in [0.3, 0.4) is 0 Å². The van der Waals surface area contributed by atoms with Gasteiger partial charge in [-0.05, 0) is 48.6 Å². The van der Waals surface area contributed by atoms with Gasteiger partial charge in [0.2, 0.25) is 5.91 Å².